The lowest BCUT2D eigenvalue weighted by Crippen LogP contribution is -2.38. The van der Waals surface area contributed by atoms with Gasteiger partial charge in [-0.15, -0.1) is 0 Å². The van der Waals surface area contributed by atoms with Crippen molar-refractivity contribution in [3.05, 3.63) is 35.4 Å². The molecule has 1 N–H and O–H groups in total. The van der Waals surface area contributed by atoms with E-state index in [1.807, 2.05) is 39.0 Å². The first-order valence-corrected chi connectivity index (χ1v) is 6.01. The molecule has 0 aromatic heterocycles. The Kier molecular flexibility index (Phi) is 4.89. The summed E-state index contributed by atoms with van der Waals surface area (Å²) in [4.78, 5) is 24.5. The van der Waals surface area contributed by atoms with Crippen molar-refractivity contribution >= 4 is 11.9 Å². The van der Waals surface area contributed by atoms with Crippen LogP contribution in [-0.2, 0) is 4.79 Å². The molecule has 1 amide bonds. The van der Waals surface area contributed by atoms with Crippen LogP contribution in [0.4, 0.5) is 0 Å². The van der Waals surface area contributed by atoms with Crippen LogP contribution >= 0.6 is 0 Å². The summed E-state index contributed by atoms with van der Waals surface area (Å²) in [6, 6.07) is 7.31. The van der Waals surface area contributed by atoms with Crippen molar-refractivity contribution in [1.29, 1.82) is 0 Å². The highest BCUT2D eigenvalue weighted by Crippen LogP contribution is 2.11. The fourth-order valence-electron chi connectivity index (χ4n) is 1.75. The predicted octanol–water partition coefficient (Wildman–Crippen LogP) is 2.32. The molecule has 0 saturated carbocycles. The van der Waals surface area contributed by atoms with Gasteiger partial charge in [0.15, 0.2) is 0 Å². The third-order valence-electron chi connectivity index (χ3n) is 2.72. The van der Waals surface area contributed by atoms with Gasteiger partial charge in [-0.1, -0.05) is 17.7 Å². The molecule has 0 aliphatic rings. The minimum absolute atomic E-state index is 0.0163. The molecular weight excluding hydrogens is 230 g/mol. The average molecular weight is 249 g/mol. The Morgan fingerprint density at radius 1 is 1.33 bits per heavy atom. The first-order chi connectivity index (χ1) is 8.41. The van der Waals surface area contributed by atoms with Crippen LogP contribution in [0.3, 0.4) is 0 Å². The predicted molar refractivity (Wildman–Crippen MR) is 69.6 cm³/mol. The summed E-state index contributed by atoms with van der Waals surface area (Å²) in [5.74, 6) is -1.01. The number of aryl methyl sites for hydroxylation is 1. The van der Waals surface area contributed by atoms with Gasteiger partial charge in [0.2, 0.25) is 0 Å². The maximum absolute atomic E-state index is 12.3. The minimum Gasteiger partial charge on any atom is -0.481 e. The second-order valence-electron chi connectivity index (χ2n) is 4.61. The molecule has 1 aromatic carbocycles. The van der Waals surface area contributed by atoms with E-state index < -0.39 is 5.97 Å². The van der Waals surface area contributed by atoms with Crippen LogP contribution in [0.2, 0.25) is 0 Å². The number of nitrogens with zero attached hydrogens (tertiary/aromatic N) is 1. The summed E-state index contributed by atoms with van der Waals surface area (Å²) >= 11 is 0. The zero-order valence-corrected chi connectivity index (χ0v) is 11.0. The molecule has 0 fully saturated rings. The summed E-state index contributed by atoms with van der Waals surface area (Å²) in [5, 5.41) is 8.70. The summed E-state index contributed by atoms with van der Waals surface area (Å²) in [5.41, 5.74) is 1.62. The molecule has 0 aliphatic carbocycles. The zero-order valence-electron chi connectivity index (χ0n) is 11.0. The van der Waals surface area contributed by atoms with Crippen LogP contribution < -0.4 is 0 Å². The highest BCUT2D eigenvalue weighted by atomic mass is 16.4. The van der Waals surface area contributed by atoms with Gasteiger partial charge < -0.3 is 10.0 Å². The number of hydrogen-bond acceptors (Lipinski definition) is 2. The lowest BCUT2D eigenvalue weighted by Gasteiger charge is -2.26. The molecule has 0 saturated heterocycles. The number of rotatable bonds is 5. The van der Waals surface area contributed by atoms with Crippen LogP contribution in [0, 0.1) is 6.92 Å². The summed E-state index contributed by atoms with van der Waals surface area (Å²) < 4.78 is 0. The fourth-order valence-corrected chi connectivity index (χ4v) is 1.75. The topological polar surface area (TPSA) is 57.6 Å². The van der Waals surface area contributed by atoms with E-state index in [1.54, 1.807) is 11.0 Å². The SMILES string of the molecule is Cc1cccc(C(=O)N(CCC(=O)O)C(C)C)c1. The Balaban J connectivity index is 2.85. The molecular formula is C14H19NO3. The molecule has 0 spiro atoms. The molecule has 4 nitrogen and oxygen atoms in total. The number of carbonyl (C=O) groups excluding carboxylic acids is 1. The number of carboxylic acid groups (broad SMARTS) is 1. The molecule has 0 bridgehead atoms. The lowest BCUT2D eigenvalue weighted by molar-refractivity contribution is -0.137. The van der Waals surface area contributed by atoms with Gasteiger partial charge in [0.25, 0.3) is 5.91 Å². The number of hydrogen-bond donors (Lipinski definition) is 1. The highest BCUT2D eigenvalue weighted by molar-refractivity contribution is 5.94. The van der Waals surface area contributed by atoms with E-state index in [0.29, 0.717) is 5.56 Å². The normalized spacial score (nSPS) is 10.4. The molecule has 1 aromatic rings. The van der Waals surface area contributed by atoms with E-state index in [2.05, 4.69) is 0 Å². The van der Waals surface area contributed by atoms with Crippen LogP contribution in [0.5, 0.6) is 0 Å². The van der Waals surface area contributed by atoms with Gasteiger partial charge in [-0.3, -0.25) is 9.59 Å². The van der Waals surface area contributed by atoms with Gasteiger partial charge in [-0.25, -0.2) is 0 Å². The average Bonchev–Trinajstić information content (AvgIpc) is 2.28. The maximum atomic E-state index is 12.3. The number of carbonyl (C=O) groups is 2. The second kappa shape index (κ2) is 6.19. The van der Waals surface area contributed by atoms with Crippen molar-refractivity contribution in [2.45, 2.75) is 33.2 Å². The van der Waals surface area contributed by atoms with Gasteiger partial charge in [0.1, 0.15) is 0 Å². The van der Waals surface area contributed by atoms with Gasteiger partial charge >= 0.3 is 5.97 Å². The number of carboxylic acids is 1. The molecule has 0 atom stereocenters. The largest absolute Gasteiger partial charge is 0.481 e. The summed E-state index contributed by atoms with van der Waals surface area (Å²) in [6.45, 7) is 5.93. The van der Waals surface area contributed by atoms with Crippen LogP contribution in [0.1, 0.15) is 36.2 Å². The standard InChI is InChI=1S/C14H19NO3/c1-10(2)15(8-7-13(16)17)14(18)12-6-4-5-11(3)9-12/h4-6,9-10H,7-8H2,1-3H3,(H,16,17). The van der Waals surface area contributed by atoms with Crippen molar-refractivity contribution in [3.8, 4) is 0 Å². The van der Waals surface area contributed by atoms with E-state index in [0.717, 1.165) is 5.56 Å². The van der Waals surface area contributed by atoms with E-state index >= 15 is 0 Å². The third kappa shape index (κ3) is 3.87. The first kappa shape index (κ1) is 14.2. The minimum atomic E-state index is -0.891. The number of benzene rings is 1. The van der Waals surface area contributed by atoms with Gasteiger partial charge in [-0.2, -0.15) is 0 Å². The maximum Gasteiger partial charge on any atom is 0.305 e. The third-order valence-corrected chi connectivity index (χ3v) is 2.72. The van der Waals surface area contributed by atoms with Crippen LogP contribution in [0.15, 0.2) is 24.3 Å². The molecule has 0 unspecified atom stereocenters. The Morgan fingerprint density at radius 3 is 2.50 bits per heavy atom. The van der Waals surface area contributed by atoms with Crippen molar-refractivity contribution in [2.24, 2.45) is 0 Å². The number of aliphatic carboxylic acids is 1. The van der Waals surface area contributed by atoms with E-state index in [9.17, 15) is 9.59 Å². The van der Waals surface area contributed by atoms with Gasteiger partial charge in [0, 0.05) is 18.2 Å². The van der Waals surface area contributed by atoms with Gasteiger partial charge in [0.05, 0.1) is 6.42 Å². The molecule has 0 heterocycles. The van der Waals surface area contributed by atoms with E-state index in [4.69, 9.17) is 5.11 Å². The van der Waals surface area contributed by atoms with E-state index in [-0.39, 0.29) is 24.9 Å². The van der Waals surface area contributed by atoms with Crippen LogP contribution in [0.25, 0.3) is 0 Å². The first-order valence-electron chi connectivity index (χ1n) is 6.01. The molecule has 0 radical (unpaired) electrons. The highest BCUT2D eigenvalue weighted by Gasteiger charge is 2.19. The van der Waals surface area contributed by atoms with Crippen molar-refractivity contribution < 1.29 is 14.7 Å². The van der Waals surface area contributed by atoms with Gasteiger partial charge in [-0.05, 0) is 32.9 Å². The molecule has 18 heavy (non-hydrogen) atoms. The van der Waals surface area contributed by atoms with Crippen molar-refractivity contribution in [3.63, 3.8) is 0 Å². The number of amides is 1. The lowest BCUT2D eigenvalue weighted by atomic mass is 10.1. The zero-order chi connectivity index (χ0) is 13.7. The van der Waals surface area contributed by atoms with Crippen molar-refractivity contribution in [1.82, 2.24) is 4.90 Å². The monoisotopic (exact) mass is 249 g/mol. The second-order valence-corrected chi connectivity index (χ2v) is 4.61. The molecule has 0 aliphatic heterocycles. The van der Waals surface area contributed by atoms with E-state index in [1.165, 1.54) is 0 Å². The van der Waals surface area contributed by atoms with Crippen molar-refractivity contribution in [2.75, 3.05) is 6.54 Å². The molecule has 1 rings (SSSR count). The quantitative estimate of drug-likeness (QED) is 0.871. The molecule has 4 heteroatoms. The summed E-state index contributed by atoms with van der Waals surface area (Å²) in [6.07, 6.45) is -0.0320. The Bertz CT molecular complexity index is 440. The van der Waals surface area contributed by atoms with Crippen LogP contribution in [-0.4, -0.2) is 34.5 Å². The summed E-state index contributed by atoms with van der Waals surface area (Å²) in [7, 11) is 0. The Hall–Kier alpha value is -1.84. The molecule has 98 valence electrons. The smallest absolute Gasteiger partial charge is 0.305 e. The fraction of sp³-hybridized carbons (Fsp3) is 0.429. The Labute approximate surface area is 107 Å². The Morgan fingerprint density at radius 2 is 2.00 bits per heavy atom.